The van der Waals surface area contributed by atoms with Crippen LogP contribution in [0.5, 0.6) is 0 Å². The fourth-order valence-electron chi connectivity index (χ4n) is 1.72. The Morgan fingerprint density at radius 2 is 2.50 bits per heavy atom. The highest BCUT2D eigenvalue weighted by Crippen LogP contribution is 2.24. The van der Waals surface area contributed by atoms with E-state index in [1.165, 1.54) is 0 Å². The number of morpholine rings is 1. The second-order valence-electron chi connectivity index (χ2n) is 3.91. The Balaban J connectivity index is 2.13. The fraction of sp³-hybridized carbons (Fsp3) is 0.600. The third-order valence-corrected chi connectivity index (χ3v) is 3.19. The predicted molar refractivity (Wildman–Crippen MR) is 65.3 cm³/mol. The third kappa shape index (κ3) is 2.50. The molecule has 1 saturated heterocycles. The first-order valence-corrected chi connectivity index (χ1v) is 6.05. The second kappa shape index (κ2) is 5.07. The van der Waals surface area contributed by atoms with Gasteiger partial charge in [0.25, 0.3) is 0 Å². The van der Waals surface area contributed by atoms with Gasteiger partial charge in [-0.15, -0.1) is 0 Å². The molecule has 88 valence electrons. The summed E-state index contributed by atoms with van der Waals surface area (Å²) in [5.74, 6) is 0.906. The van der Waals surface area contributed by atoms with E-state index in [1.807, 2.05) is 6.92 Å². The summed E-state index contributed by atoms with van der Waals surface area (Å²) in [5, 5.41) is 0. The number of ether oxygens (including phenoxy) is 1. The fourth-order valence-corrected chi connectivity index (χ4v) is 2.20. The van der Waals surface area contributed by atoms with Crippen molar-refractivity contribution in [3.63, 3.8) is 0 Å². The Bertz CT molecular complexity index is 360. The van der Waals surface area contributed by atoms with Crippen molar-refractivity contribution in [1.82, 2.24) is 9.97 Å². The summed E-state index contributed by atoms with van der Waals surface area (Å²) in [6.45, 7) is 4.25. The molecule has 0 aliphatic carbocycles. The van der Waals surface area contributed by atoms with Gasteiger partial charge < -0.3 is 15.4 Å². The summed E-state index contributed by atoms with van der Waals surface area (Å²) < 4.78 is 6.51. The molecular formula is C10H15BrN4O. The molecule has 1 fully saturated rings. The molecular weight excluding hydrogens is 272 g/mol. The average molecular weight is 287 g/mol. The van der Waals surface area contributed by atoms with E-state index in [9.17, 15) is 0 Å². The van der Waals surface area contributed by atoms with Gasteiger partial charge in [-0.05, 0) is 22.9 Å². The van der Waals surface area contributed by atoms with Crippen LogP contribution in [0.1, 0.15) is 6.92 Å². The molecule has 0 radical (unpaired) electrons. The molecule has 6 heteroatoms. The van der Waals surface area contributed by atoms with Crippen molar-refractivity contribution in [2.75, 3.05) is 24.6 Å². The zero-order valence-electron chi connectivity index (χ0n) is 9.14. The molecule has 1 aliphatic rings. The lowest BCUT2D eigenvalue weighted by Crippen LogP contribution is -2.50. The molecule has 0 bridgehead atoms. The first-order chi connectivity index (χ1) is 7.68. The van der Waals surface area contributed by atoms with E-state index < -0.39 is 0 Å². The van der Waals surface area contributed by atoms with E-state index in [1.54, 1.807) is 12.5 Å². The molecule has 0 saturated carbocycles. The zero-order valence-corrected chi connectivity index (χ0v) is 10.7. The zero-order chi connectivity index (χ0) is 11.5. The first kappa shape index (κ1) is 11.8. The van der Waals surface area contributed by atoms with Crippen molar-refractivity contribution in [2.24, 2.45) is 5.73 Å². The number of aromatic nitrogens is 2. The van der Waals surface area contributed by atoms with Crippen LogP contribution in [0.2, 0.25) is 0 Å². The van der Waals surface area contributed by atoms with Gasteiger partial charge >= 0.3 is 0 Å². The largest absolute Gasteiger partial charge is 0.373 e. The van der Waals surface area contributed by atoms with Gasteiger partial charge in [-0.1, -0.05) is 0 Å². The number of nitrogens with two attached hydrogens (primary N) is 1. The Hall–Kier alpha value is -0.720. The standard InChI is InChI=1S/C10H15BrN4O/c1-7(12)9-5-15(2-3-16-9)10-8(11)4-13-6-14-10/h4,6-7,9H,2-3,5,12H2,1H3. The second-order valence-corrected chi connectivity index (χ2v) is 4.76. The van der Waals surface area contributed by atoms with Crippen LogP contribution < -0.4 is 10.6 Å². The number of nitrogens with zero attached hydrogens (tertiary/aromatic N) is 3. The molecule has 2 heterocycles. The normalized spacial score (nSPS) is 23.2. The van der Waals surface area contributed by atoms with Gasteiger partial charge in [-0.25, -0.2) is 9.97 Å². The number of hydrogen-bond donors (Lipinski definition) is 1. The molecule has 2 N–H and O–H groups in total. The molecule has 1 aromatic heterocycles. The molecule has 1 aromatic rings. The topological polar surface area (TPSA) is 64.3 Å². The monoisotopic (exact) mass is 286 g/mol. The van der Waals surface area contributed by atoms with Gasteiger partial charge in [0, 0.05) is 25.3 Å². The molecule has 0 aromatic carbocycles. The van der Waals surface area contributed by atoms with Crippen molar-refractivity contribution in [3.8, 4) is 0 Å². The van der Waals surface area contributed by atoms with E-state index >= 15 is 0 Å². The van der Waals surface area contributed by atoms with E-state index in [2.05, 4.69) is 30.8 Å². The SMILES string of the molecule is CC(N)C1CN(c2ncncc2Br)CCO1. The van der Waals surface area contributed by atoms with Crippen molar-refractivity contribution in [3.05, 3.63) is 17.0 Å². The lowest BCUT2D eigenvalue weighted by Gasteiger charge is -2.35. The minimum Gasteiger partial charge on any atom is -0.373 e. The van der Waals surface area contributed by atoms with Gasteiger partial charge in [0.1, 0.15) is 12.1 Å². The van der Waals surface area contributed by atoms with Gasteiger partial charge in [-0.2, -0.15) is 0 Å². The van der Waals surface area contributed by atoms with Crippen LogP contribution in [0.15, 0.2) is 17.0 Å². The highest BCUT2D eigenvalue weighted by atomic mass is 79.9. The Morgan fingerprint density at radius 1 is 1.69 bits per heavy atom. The summed E-state index contributed by atoms with van der Waals surface area (Å²) in [6.07, 6.45) is 3.37. The number of anilines is 1. The maximum atomic E-state index is 5.85. The summed E-state index contributed by atoms with van der Waals surface area (Å²) in [4.78, 5) is 10.4. The van der Waals surface area contributed by atoms with Gasteiger partial charge in [0.2, 0.25) is 0 Å². The van der Waals surface area contributed by atoms with E-state index in [4.69, 9.17) is 10.5 Å². The summed E-state index contributed by atoms with van der Waals surface area (Å²) in [5.41, 5.74) is 5.85. The van der Waals surface area contributed by atoms with Crippen LogP contribution in [0.4, 0.5) is 5.82 Å². The van der Waals surface area contributed by atoms with E-state index in [-0.39, 0.29) is 12.1 Å². The van der Waals surface area contributed by atoms with Crippen LogP contribution in [-0.2, 0) is 4.74 Å². The highest BCUT2D eigenvalue weighted by Gasteiger charge is 2.25. The maximum absolute atomic E-state index is 5.85. The molecule has 0 amide bonds. The molecule has 2 atom stereocenters. The minimum atomic E-state index is 0.0309. The number of halogens is 1. The van der Waals surface area contributed by atoms with E-state index in [0.29, 0.717) is 6.61 Å². The lowest BCUT2D eigenvalue weighted by molar-refractivity contribution is 0.0273. The smallest absolute Gasteiger partial charge is 0.146 e. The van der Waals surface area contributed by atoms with Crippen LogP contribution in [0.3, 0.4) is 0 Å². The Labute approximate surface area is 103 Å². The van der Waals surface area contributed by atoms with Crippen LogP contribution in [-0.4, -0.2) is 41.8 Å². The van der Waals surface area contributed by atoms with Crippen LogP contribution in [0, 0.1) is 0 Å². The average Bonchev–Trinajstić information content (AvgIpc) is 2.30. The Kier molecular flexibility index (Phi) is 3.73. The van der Waals surface area contributed by atoms with Crippen LogP contribution >= 0.6 is 15.9 Å². The summed E-state index contributed by atoms with van der Waals surface area (Å²) >= 11 is 3.45. The molecule has 1 aliphatic heterocycles. The quantitative estimate of drug-likeness (QED) is 0.871. The molecule has 2 unspecified atom stereocenters. The molecule has 2 rings (SSSR count). The lowest BCUT2D eigenvalue weighted by atomic mass is 10.1. The van der Waals surface area contributed by atoms with Gasteiger partial charge in [-0.3, -0.25) is 0 Å². The Morgan fingerprint density at radius 3 is 3.19 bits per heavy atom. The molecule has 5 nitrogen and oxygen atoms in total. The van der Waals surface area contributed by atoms with Crippen molar-refractivity contribution < 1.29 is 4.74 Å². The highest BCUT2D eigenvalue weighted by molar-refractivity contribution is 9.10. The van der Waals surface area contributed by atoms with Crippen LogP contribution in [0.25, 0.3) is 0 Å². The van der Waals surface area contributed by atoms with Gasteiger partial charge in [0.05, 0.1) is 17.2 Å². The van der Waals surface area contributed by atoms with Crippen molar-refractivity contribution in [2.45, 2.75) is 19.1 Å². The number of rotatable bonds is 2. The maximum Gasteiger partial charge on any atom is 0.146 e. The third-order valence-electron chi connectivity index (χ3n) is 2.63. The minimum absolute atomic E-state index is 0.0309. The molecule has 0 spiro atoms. The number of hydrogen-bond acceptors (Lipinski definition) is 5. The van der Waals surface area contributed by atoms with Crippen molar-refractivity contribution in [1.29, 1.82) is 0 Å². The van der Waals surface area contributed by atoms with E-state index in [0.717, 1.165) is 23.4 Å². The van der Waals surface area contributed by atoms with Gasteiger partial charge in [0.15, 0.2) is 0 Å². The summed E-state index contributed by atoms with van der Waals surface area (Å²) in [7, 11) is 0. The predicted octanol–water partition coefficient (Wildman–Crippen LogP) is 0.791. The molecule has 16 heavy (non-hydrogen) atoms. The summed E-state index contributed by atoms with van der Waals surface area (Å²) in [6, 6.07) is 0.0309. The van der Waals surface area contributed by atoms with Crippen molar-refractivity contribution >= 4 is 21.7 Å². The first-order valence-electron chi connectivity index (χ1n) is 5.26.